The second-order valence-electron chi connectivity index (χ2n) is 16.6. The first-order valence-electron chi connectivity index (χ1n) is 22.3. The van der Waals surface area contributed by atoms with Crippen LogP contribution in [0.15, 0.2) is 119 Å². The number of aliphatic hydroxyl groups is 2. The molecule has 1 heterocycles. The molecule has 0 spiro atoms. The Morgan fingerprint density at radius 2 is 1.67 bits per heavy atom. The minimum Gasteiger partial charge on any atom is -0.460 e. The number of aliphatic hydroxyl groups excluding tert-OH is 2. The number of nitrogens with zero attached hydrogens (tertiary/aromatic N) is 2. The Balaban J connectivity index is 1.44. The number of rotatable bonds is 21. The van der Waals surface area contributed by atoms with Gasteiger partial charge in [-0.2, -0.15) is 4.31 Å². The van der Waals surface area contributed by atoms with Crippen molar-refractivity contribution in [2.75, 3.05) is 38.3 Å². The van der Waals surface area contributed by atoms with Crippen LogP contribution in [0.5, 0.6) is 17.2 Å². The Hall–Kier alpha value is -5.05. The standard InChI is InChI=1S/C50H61N3O9S/c1-5-26-53(63(57,58)41-23-19-38(20-24-41)51-34(4)56)47-33-45(52-60-7-3)43-31-37(16-10-12-27-54)42(17-11-13-28-55)48-44-32-40(61-39-21-18-35-14-8-9-15-36(35)30-39)22-25-46(44)62-50(47,49(43)48)59-29-6-2/h6,8-9,14-15,18-25,30-32,37,42,47-49,54-55H,2,5,7,10-13,16-17,26-29,33H2,1,3-4H3,(H,51,56). The lowest BCUT2D eigenvalue weighted by atomic mass is 9.55. The molecule has 63 heavy (non-hydrogen) atoms. The number of hydrogen-bond donors (Lipinski definition) is 3. The van der Waals surface area contributed by atoms with Gasteiger partial charge in [-0.15, -0.1) is 6.58 Å². The topological polar surface area (TPSA) is 156 Å². The van der Waals surface area contributed by atoms with E-state index in [2.05, 4.69) is 36.2 Å². The zero-order valence-electron chi connectivity index (χ0n) is 36.6. The number of carbonyl (C=O) groups excluding carboxylic acids is 1. The number of carbonyl (C=O) groups is 1. The lowest BCUT2D eigenvalue weighted by Crippen LogP contribution is -2.70. The Bertz CT molecular complexity index is 2400. The maximum Gasteiger partial charge on any atom is 0.243 e. The van der Waals surface area contributed by atoms with Crippen LogP contribution in [0.1, 0.15) is 83.6 Å². The van der Waals surface area contributed by atoms with Gasteiger partial charge in [0.1, 0.15) is 23.9 Å². The van der Waals surface area contributed by atoms with Crippen molar-refractivity contribution in [2.45, 2.75) is 94.8 Å². The molecular weight excluding hydrogens is 819 g/mol. The average molecular weight is 880 g/mol. The lowest BCUT2D eigenvalue weighted by molar-refractivity contribution is -0.251. The third kappa shape index (κ3) is 9.73. The minimum atomic E-state index is -4.23. The molecule has 6 unspecified atom stereocenters. The van der Waals surface area contributed by atoms with Gasteiger partial charge in [-0.25, -0.2) is 8.42 Å². The van der Waals surface area contributed by atoms with Crippen LogP contribution in [0.4, 0.5) is 5.69 Å². The molecule has 0 saturated heterocycles. The van der Waals surface area contributed by atoms with Gasteiger partial charge >= 0.3 is 0 Å². The maximum absolute atomic E-state index is 15.2. The number of unbranched alkanes of at least 4 members (excludes halogenated alkanes) is 2. The Morgan fingerprint density at radius 3 is 2.37 bits per heavy atom. The number of allylic oxidation sites excluding steroid dienone is 1. The van der Waals surface area contributed by atoms with E-state index in [1.54, 1.807) is 18.2 Å². The van der Waals surface area contributed by atoms with E-state index < -0.39 is 27.8 Å². The maximum atomic E-state index is 15.2. The summed E-state index contributed by atoms with van der Waals surface area (Å²) in [5.74, 6) is -0.749. The highest BCUT2D eigenvalue weighted by atomic mass is 32.2. The zero-order chi connectivity index (χ0) is 44.6. The van der Waals surface area contributed by atoms with Crippen molar-refractivity contribution in [2.24, 2.45) is 22.9 Å². The van der Waals surface area contributed by atoms with Crippen LogP contribution in [-0.2, 0) is 24.4 Å². The van der Waals surface area contributed by atoms with Gasteiger partial charge in [0.25, 0.3) is 0 Å². The molecule has 1 fully saturated rings. The quantitative estimate of drug-likeness (QED) is 0.0422. The molecule has 13 heteroatoms. The van der Waals surface area contributed by atoms with E-state index in [1.165, 1.54) is 23.4 Å². The number of nitrogens with one attached hydrogen (secondary N) is 1. The smallest absolute Gasteiger partial charge is 0.243 e. The van der Waals surface area contributed by atoms with Crippen molar-refractivity contribution in [3.63, 3.8) is 0 Å². The molecular formula is C50H61N3O9S. The highest BCUT2D eigenvalue weighted by Gasteiger charge is 2.66. The number of hydrogen-bond acceptors (Lipinski definition) is 10. The van der Waals surface area contributed by atoms with Crippen molar-refractivity contribution in [1.29, 1.82) is 0 Å². The number of sulfonamides is 1. The van der Waals surface area contributed by atoms with Gasteiger partial charge in [0.15, 0.2) is 0 Å². The van der Waals surface area contributed by atoms with Crippen LogP contribution in [0.2, 0.25) is 0 Å². The van der Waals surface area contributed by atoms with Crippen LogP contribution in [-0.4, -0.2) is 79.4 Å². The van der Waals surface area contributed by atoms with E-state index in [-0.39, 0.29) is 61.3 Å². The first kappa shape index (κ1) is 46.0. The molecule has 4 aromatic carbocycles. The van der Waals surface area contributed by atoms with E-state index in [1.807, 2.05) is 56.3 Å². The monoisotopic (exact) mass is 879 g/mol. The molecule has 1 saturated carbocycles. The van der Waals surface area contributed by atoms with Gasteiger partial charge in [-0.05, 0) is 122 Å². The summed E-state index contributed by atoms with van der Waals surface area (Å²) in [5.41, 5.74) is 2.91. The summed E-state index contributed by atoms with van der Waals surface area (Å²) in [6.07, 6.45) is 8.99. The summed E-state index contributed by atoms with van der Waals surface area (Å²) in [6, 6.07) is 25.3. The van der Waals surface area contributed by atoms with E-state index in [9.17, 15) is 15.0 Å². The molecule has 0 radical (unpaired) electrons. The molecule has 336 valence electrons. The zero-order valence-corrected chi connectivity index (χ0v) is 37.4. The van der Waals surface area contributed by atoms with Crippen molar-refractivity contribution >= 4 is 38.1 Å². The largest absolute Gasteiger partial charge is 0.460 e. The molecule has 1 amide bonds. The molecule has 3 N–H and O–H groups in total. The molecule has 1 aliphatic heterocycles. The number of amides is 1. The second kappa shape index (κ2) is 20.6. The normalized spacial score (nSPS) is 23.4. The molecule has 4 aromatic rings. The van der Waals surface area contributed by atoms with Crippen LogP contribution >= 0.6 is 0 Å². The van der Waals surface area contributed by atoms with Gasteiger partial charge < -0.3 is 34.6 Å². The number of benzene rings is 4. The van der Waals surface area contributed by atoms with E-state index in [0.29, 0.717) is 54.5 Å². The fraction of sp³-hybridized carbons (Fsp3) is 0.440. The van der Waals surface area contributed by atoms with Crippen LogP contribution in [0.3, 0.4) is 0 Å². The van der Waals surface area contributed by atoms with Gasteiger partial charge in [-0.3, -0.25) is 4.79 Å². The molecule has 0 bridgehead atoms. The highest BCUT2D eigenvalue weighted by Crippen LogP contribution is 2.62. The molecule has 2 aliphatic carbocycles. The summed E-state index contributed by atoms with van der Waals surface area (Å²) in [5, 5.41) is 29.5. The van der Waals surface area contributed by atoms with Gasteiger partial charge in [0.2, 0.25) is 21.7 Å². The van der Waals surface area contributed by atoms with E-state index in [0.717, 1.165) is 47.6 Å². The summed E-state index contributed by atoms with van der Waals surface area (Å²) >= 11 is 0. The highest BCUT2D eigenvalue weighted by molar-refractivity contribution is 7.89. The van der Waals surface area contributed by atoms with Crippen LogP contribution in [0.25, 0.3) is 10.8 Å². The van der Waals surface area contributed by atoms with Crippen molar-refractivity contribution in [1.82, 2.24) is 4.31 Å². The Labute approximate surface area is 371 Å². The fourth-order valence-electron chi connectivity index (χ4n) is 9.91. The Morgan fingerprint density at radius 1 is 0.952 bits per heavy atom. The van der Waals surface area contributed by atoms with Gasteiger partial charge in [0.05, 0.1) is 29.2 Å². The molecule has 3 aliphatic rings. The number of anilines is 1. The molecule has 6 atom stereocenters. The van der Waals surface area contributed by atoms with Crippen LogP contribution < -0.4 is 14.8 Å². The SMILES string of the molecule is C=CCOC12Oc3ccc(Oc4ccc5ccccc5c4)cc3C3C(CCCCO)C(CCCCO)C=C(C(=NOCC)CC1N(CCC)S(=O)(=O)c1ccc(NC(C)=O)cc1)C32. The molecule has 7 rings (SSSR count). The minimum absolute atomic E-state index is 0.00101. The number of oxime groups is 1. The first-order valence-corrected chi connectivity index (χ1v) is 23.8. The lowest BCUT2D eigenvalue weighted by Gasteiger charge is -2.59. The summed E-state index contributed by atoms with van der Waals surface area (Å²) < 4.78 is 52.8. The Kier molecular flexibility index (Phi) is 15.1. The number of ether oxygens (including phenoxy) is 3. The van der Waals surface area contributed by atoms with Crippen molar-refractivity contribution in [3.8, 4) is 17.2 Å². The third-order valence-corrected chi connectivity index (χ3v) is 14.4. The first-order chi connectivity index (χ1) is 30.6. The van der Waals surface area contributed by atoms with Gasteiger partial charge in [-0.1, -0.05) is 67.4 Å². The van der Waals surface area contributed by atoms with Gasteiger partial charge in [0, 0.05) is 50.3 Å². The predicted molar refractivity (Wildman–Crippen MR) is 246 cm³/mol. The average Bonchev–Trinajstić information content (AvgIpc) is 3.28. The third-order valence-electron chi connectivity index (χ3n) is 12.5. The van der Waals surface area contributed by atoms with Crippen LogP contribution in [0, 0.1) is 17.8 Å². The fourth-order valence-corrected chi connectivity index (χ4v) is 11.6. The van der Waals surface area contributed by atoms with E-state index in [4.69, 9.17) is 24.2 Å². The summed E-state index contributed by atoms with van der Waals surface area (Å²) in [7, 11) is -4.23. The molecule has 12 nitrogen and oxygen atoms in total. The second-order valence-corrected chi connectivity index (χ2v) is 18.5. The molecule has 0 aromatic heterocycles. The predicted octanol–water partition coefficient (Wildman–Crippen LogP) is 9.34. The number of fused-ring (bicyclic) bond motifs is 3. The van der Waals surface area contributed by atoms with E-state index >= 15 is 8.42 Å². The summed E-state index contributed by atoms with van der Waals surface area (Å²) in [4.78, 5) is 17.7. The van der Waals surface area contributed by atoms with Crippen molar-refractivity contribution < 1.29 is 42.5 Å². The summed E-state index contributed by atoms with van der Waals surface area (Å²) in [6.45, 7) is 9.90. The van der Waals surface area contributed by atoms with Crippen molar-refractivity contribution in [3.05, 3.63) is 115 Å².